The molecule has 116 valence electrons. The van der Waals surface area contributed by atoms with Gasteiger partial charge in [0, 0.05) is 18.5 Å². The largest absolute Gasteiger partial charge is 0.508 e. The van der Waals surface area contributed by atoms with Crippen LogP contribution in [0.25, 0.3) is 0 Å². The molecule has 0 aliphatic heterocycles. The molecule has 1 amide bonds. The highest BCUT2D eigenvalue weighted by molar-refractivity contribution is 5.76. The first-order valence-electron chi connectivity index (χ1n) is 7.39. The van der Waals surface area contributed by atoms with E-state index in [0.29, 0.717) is 12.0 Å². The molecule has 2 rings (SSSR count). The zero-order valence-corrected chi connectivity index (χ0v) is 12.6. The summed E-state index contributed by atoms with van der Waals surface area (Å²) in [6, 6.07) is 13.3. The normalized spacial score (nSPS) is 11.9. The van der Waals surface area contributed by atoms with Crippen molar-refractivity contribution in [3.63, 3.8) is 0 Å². The number of rotatable bonds is 6. The maximum Gasteiger partial charge on any atom is 0.220 e. The first-order chi connectivity index (χ1) is 10.6. The Labute approximate surface area is 129 Å². The lowest BCUT2D eigenvalue weighted by Crippen LogP contribution is -2.25. The van der Waals surface area contributed by atoms with Gasteiger partial charge in [-0.2, -0.15) is 0 Å². The molecule has 2 aromatic carbocycles. The summed E-state index contributed by atoms with van der Waals surface area (Å²) in [5.74, 6) is -0.125. The minimum atomic E-state index is -0.312. The monoisotopic (exact) mass is 301 g/mol. The Hall–Kier alpha value is -2.36. The van der Waals surface area contributed by atoms with E-state index in [-0.39, 0.29) is 29.9 Å². The van der Waals surface area contributed by atoms with Gasteiger partial charge in [0.2, 0.25) is 5.91 Å². The molecular formula is C18H20FNO2. The maximum absolute atomic E-state index is 13.5. The zero-order valence-electron chi connectivity index (χ0n) is 12.6. The molecule has 4 heteroatoms. The number of nitrogens with one attached hydrogen (secondary N) is 1. The fourth-order valence-electron chi connectivity index (χ4n) is 2.38. The van der Waals surface area contributed by atoms with Gasteiger partial charge in [0.1, 0.15) is 11.6 Å². The average molecular weight is 301 g/mol. The van der Waals surface area contributed by atoms with Gasteiger partial charge in [0.05, 0.1) is 0 Å². The first-order valence-corrected chi connectivity index (χ1v) is 7.39. The summed E-state index contributed by atoms with van der Waals surface area (Å²) in [5, 5.41) is 12.1. The molecule has 0 saturated heterocycles. The van der Waals surface area contributed by atoms with Gasteiger partial charge in [-0.05, 0) is 36.1 Å². The number of aromatic hydroxyl groups is 1. The Bertz CT molecular complexity index is 625. The van der Waals surface area contributed by atoms with Crippen molar-refractivity contribution in [1.29, 1.82) is 0 Å². The Morgan fingerprint density at radius 1 is 1.18 bits per heavy atom. The molecule has 0 aromatic heterocycles. The van der Waals surface area contributed by atoms with Crippen LogP contribution in [-0.2, 0) is 11.3 Å². The fourth-order valence-corrected chi connectivity index (χ4v) is 2.38. The third-order valence-corrected chi connectivity index (χ3v) is 3.72. The van der Waals surface area contributed by atoms with Crippen molar-refractivity contribution in [2.75, 3.05) is 0 Å². The minimum Gasteiger partial charge on any atom is -0.508 e. The topological polar surface area (TPSA) is 49.3 Å². The Balaban J connectivity index is 1.92. The van der Waals surface area contributed by atoms with Crippen molar-refractivity contribution in [1.82, 2.24) is 5.32 Å². The first kappa shape index (κ1) is 16.0. The molecule has 0 aliphatic rings. The second kappa shape index (κ2) is 7.59. The van der Waals surface area contributed by atoms with E-state index in [0.717, 1.165) is 12.0 Å². The highest BCUT2D eigenvalue weighted by atomic mass is 19.1. The van der Waals surface area contributed by atoms with Crippen molar-refractivity contribution < 1.29 is 14.3 Å². The third-order valence-electron chi connectivity index (χ3n) is 3.72. The number of carbonyl (C=O) groups is 1. The molecule has 0 heterocycles. The molecule has 0 fully saturated rings. The van der Waals surface area contributed by atoms with Gasteiger partial charge < -0.3 is 10.4 Å². The molecule has 0 saturated carbocycles. The van der Waals surface area contributed by atoms with Crippen LogP contribution in [-0.4, -0.2) is 11.0 Å². The Kier molecular flexibility index (Phi) is 5.53. The summed E-state index contributed by atoms with van der Waals surface area (Å²) in [6.07, 6.45) is 1.16. The van der Waals surface area contributed by atoms with Crippen molar-refractivity contribution in [3.05, 3.63) is 65.5 Å². The molecule has 22 heavy (non-hydrogen) atoms. The summed E-state index contributed by atoms with van der Waals surface area (Å²) in [5.41, 5.74) is 1.50. The van der Waals surface area contributed by atoms with Crippen LogP contribution in [0, 0.1) is 5.82 Å². The lowest BCUT2D eigenvalue weighted by Gasteiger charge is -2.15. The predicted octanol–water partition coefficient (Wildman–Crippen LogP) is 3.73. The molecular weight excluding hydrogens is 281 g/mol. The van der Waals surface area contributed by atoms with E-state index >= 15 is 0 Å². The number of halogens is 1. The molecule has 2 N–H and O–H groups in total. The zero-order chi connectivity index (χ0) is 15.9. The molecule has 0 aliphatic carbocycles. The predicted molar refractivity (Wildman–Crippen MR) is 84.0 cm³/mol. The van der Waals surface area contributed by atoms with Crippen molar-refractivity contribution >= 4 is 5.91 Å². The summed E-state index contributed by atoms with van der Waals surface area (Å²) < 4.78 is 13.5. The number of benzene rings is 2. The summed E-state index contributed by atoms with van der Waals surface area (Å²) in [6.45, 7) is 2.21. The van der Waals surface area contributed by atoms with E-state index < -0.39 is 0 Å². The van der Waals surface area contributed by atoms with Crippen LogP contribution in [0.5, 0.6) is 5.75 Å². The lowest BCUT2D eigenvalue weighted by atomic mass is 9.93. The Morgan fingerprint density at radius 2 is 1.86 bits per heavy atom. The van der Waals surface area contributed by atoms with Crippen LogP contribution in [0.4, 0.5) is 4.39 Å². The Morgan fingerprint density at radius 3 is 2.50 bits per heavy atom. The summed E-state index contributed by atoms with van der Waals surface area (Å²) in [4.78, 5) is 12.1. The van der Waals surface area contributed by atoms with Gasteiger partial charge >= 0.3 is 0 Å². The smallest absolute Gasteiger partial charge is 0.220 e. The number of phenolic OH excluding ortho intramolecular Hbond substituents is 1. The number of hydrogen-bond donors (Lipinski definition) is 2. The molecule has 3 nitrogen and oxygen atoms in total. The highest BCUT2D eigenvalue weighted by Gasteiger charge is 2.14. The van der Waals surface area contributed by atoms with E-state index in [4.69, 9.17) is 0 Å². The summed E-state index contributed by atoms with van der Waals surface area (Å²) >= 11 is 0. The number of amides is 1. The van der Waals surface area contributed by atoms with Gasteiger partial charge in [-0.25, -0.2) is 4.39 Å². The molecule has 2 aromatic rings. The van der Waals surface area contributed by atoms with Gasteiger partial charge in [0.15, 0.2) is 0 Å². The average Bonchev–Trinajstić information content (AvgIpc) is 2.53. The number of phenols is 1. The maximum atomic E-state index is 13.5. The second-order valence-corrected chi connectivity index (χ2v) is 5.27. The molecule has 0 bridgehead atoms. The standard InChI is InChI=1S/C18H20FNO2/c1-2-13(14-7-9-16(21)10-8-14)11-18(22)20-12-15-5-3-4-6-17(15)19/h3-10,13,21H,2,11-12H2,1H3,(H,20,22). The summed E-state index contributed by atoms with van der Waals surface area (Å²) in [7, 11) is 0. The molecule has 0 spiro atoms. The van der Waals surface area contributed by atoms with Crippen molar-refractivity contribution in [2.45, 2.75) is 32.2 Å². The lowest BCUT2D eigenvalue weighted by molar-refractivity contribution is -0.121. The third kappa shape index (κ3) is 4.32. The SMILES string of the molecule is CCC(CC(=O)NCc1ccccc1F)c1ccc(O)cc1. The minimum absolute atomic E-state index is 0.0845. The van der Waals surface area contributed by atoms with Crippen LogP contribution in [0.2, 0.25) is 0 Å². The van der Waals surface area contributed by atoms with E-state index in [1.165, 1.54) is 6.07 Å². The van der Waals surface area contributed by atoms with E-state index in [1.807, 2.05) is 19.1 Å². The molecule has 1 unspecified atom stereocenters. The highest BCUT2D eigenvalue weighted by Crippen LogP contribution is 2.24. The van der Waals surface area contributed by atoms with Crippen LogP contribution in [0.3, 0.4) is 0 Å². The van der Waals surface area contributed by atoms with Crippen LogP contribution in [0.1, 0.15) is 36.8 Å². The van der Waals surface area contributed by atoms with E-state index in [1.54, 1.807) is 30.3 Å². The van der Waals surface area contributed by atoms with Gasteiger partial charge in [0.25, 0.3) is 0 Å². The van der Waals surface area contributed by atoms with Crippen molar-refractivity contribution in [2.24, 2.45) is 0 Å². The van der Waals surface area contributed by atoms with Gasteiger partial charge in [-0.3, -0.25) is 4.79 Å². The van der Waals surface area contributed by atoms with E-state index in [2.05, 4.69) is 5.32 Å². The number of carbonyl (C=O) groups excluding carboxylic acids is 1. The molecule has 1 atom stereocenters. The van der Waals surface area contributed by atoms with Gasteiger partial charge in [-0.15, -0.1) is 0 Å². The molecule has 0 radical (unpaired) electrons. The fraction of sp³-hybridized carbons (Fsp3) is 0.278. The van der Waals surface area contributed by atoms with Crippen LogP contribution >= 0.6 is 0 Å². The second-order valence-electron chi connectivity index (χ2n) is 5.27. The van der Waals surface area contributed by atoms with Crippen molar-refractivity contribution in [3.8, 4) is 5.75 Å². The quantitative estimate of drug-likeness (QED) is 0.854. The van der Waals surface area contributed by atoms with Crippen LogP contribution < -0.4 is 5.32 Å². The number of hydrogen-bond acceptors (Lipinski definition) is 2. The van der Waals surface area contributed by atoms with Gasteiger partial charge in [-0.1, -0.05) is 37.3 Å². The van der Waals surface area contributed by atoms with Crippen LogP contribution in [0.15, 0.2) is 48.5 Å². The van der Waals surface area contributed by atoms with E-state index in [9.17, 15) is 14.3 Å².